The molecule has 1 aromatic carbocycles. The number of furan rings is 1. The Balaban J connectivity index is 1.83. The number of aliphatic hydroxyl groups is 1. The van der Waals surface area contributed by atoms with Crippen molar-refractivity contribution in [1.29, 1.82) is 0 Å². The summed E-state index contributed by atoms with van der Waals surface area (Å²) in [7, 11) is 0. The molecule has 2 aromatic heterocycles. The average Bonchev–Trinajstić information content (AvgIpc) is 3.01. The van der Waals surface area contributed by atoms with Crippen molar-refractivity contribution in [3.63, 3.8) is 0 Å². The third-order valence-corrected chi connectivity index (χ3v) is 4.03. The second kappa shape index (κ2) is 7.62. The summed E-state index contributed by atoms with van der Waals surface area (Å²) in [5, 5.41) is 11.5. The highest BCUT2D eigenvalue weighted by Crippen LogP contribution is 2.35. The van der Waals surface area contributed by atoms with Crippen molar-refractivity contribution in [3.05, 3.63) is 64.2 Å². The molecule has 0 amide bonds. The van der Waals surface area contributed by atoms with Crippen molar-refractivity contribution in [2.45, 2.75) is 33.3 Å². The van der Waals surface area contributed by atoms with Crippen molar-refractivity contribution in [1.82, 2.24) is 0 Å². The zero-order valence-electron chi connectivity index (χ0n) is 15.1. The standard InChI is InChI=1S/C21H22O5/c1-13(2)10-15(22)11-14(3)6-8-25-21-16-4-5-20(23)26-19(16)12-18-17(21)7-9-24-18/h4-7,9-10,12,15,22H,8,11H2,1-3H3/b14-6-/t15-/m0/s1. The highest BCUT2D eigenvalue weighted by atomic mass is 16.5. The van der Waals surface area contributed by atoms with Crippen LogP contribution in [0, 0.1) is 0 Å². The summed E-state index contributed by atoms with van der Waals surface area (Å²) in [6, 6.07) is 6.58. The molecule has 5 nitrogen and oxygen atoms in total. The maximum Gasteiger partial charge on any atom is 0.336 e. The van der Waals surface area contributed by atoms with Gasteiger partial charge in [0.15, 0.2) is 0 Å². The van der Waals surface area contributed by atoms with Gasteiger partial charge in [0.1, 0.15) is 23.5 Å². The van der Waals surface area contributed by atoms with E-state index in [0.29, 0.717) is 35.3 Å². The molecule has 0 unspecified atom stereocenters. The van der Waals surface area contributed by atoms with Crippen LogP contribution in [0.15, 0.2) is 67.5 Å². The van der Waals surface area contributed by atoms with Crippen LogP contribution in [0.25, 0.3) is 21.9 Å². The van der Waals surface area contributed by atoms with Crippen LogP contribution in [-0.2, 0) is 0 Å². The van der Waals surface area contributed by atoms with Crippen molar-refractivity contribution in [2.24, 2.45) is 0 Å². The lowest BCUT2D eigenvalue weighted by molar-refractivity contribution is 0.222. The van der Waals surface area contributed by atoms with E-state index in [2.05, 4.69) is 0 Å². The second-order valence-corrected chi connectivity index (χ2v) is 6.58. The minimum atomic E-state index is -0.497. The number of hydrogen-bond donors (Lipinski definition) is 1. The number of fused-ring (bicyclic) bond motifs is 2. The predicted molar refractivity (Wildman–Crippen MR) is 102 cm³/mol. The van der Waals surface area contributed by atoms with Crippen LogP contribution in [0.1, 0.15) is 27.2 Å². The van der Waals surface area contributed by atoms with E-state index in [-0.39, 0.29) is 0 Å². The highest BCUT2D eigenvalue weighted by molar-refractivity contribution is 6.01. The normalized spacial score (nSPS) is 13.2. The van der Waals surface area contributed by atoms with Gasteiger partial charge in [-0.2, -0.15) is 0 Å². The molecule has 1 atom stereocenters. The molecule has 0 saturated heterocycles. The number of ether oxygens (including phenoxy) is 1. The van der Waals surface area contributed by atoms with Crippen LogP contribution in [0.2, 0.25) is 0 Å². The molecule has 0 aliphatic heterocycles. The van der Waals surface area contributed by atoms with Crippen LogP contribution in [-0.4, -0.2) is 17.8 Å². The smallest absolute Gasteiger partial charge is 0.336 e. The van der Waals surface area contributed by atoms with Gasteiger partial charge in [0.2, 0.25) is 0 Å². The summed E-state index contributed by atoms with van der Waals surface area (Å²) in [6.45, 7) is 6.22. The Morgan fingerprint density at radius 3 is 2.73 bits per heavy atom. The van der Waals surface area contributed by atoms with Gasteiger partial charge < -0.3 is 18.7 Å². The van der Waals surface area contributed by atoms with Crippen molar-refractivity contribution < 1.29 is 18.7 Å². The minimum Gasteiger partial charge on any atom is -0.488 e. The molecule has 0 aliphatic rings. The van der Waals surface area contributed by atoms with Gasteiger partial charge in [0.25, 0.3) is 0 Å². The maximum absolute atomic E-state index is 11.5. The van der Waals surface area contributed by atoms with Crippen molar-refractivity contribution in [2.75, 3.05) is 6.61 Å². The molecule has 0 bridgehead atoms. The first-order valence-corrected chi connectivity index (χ1v) is 8.49. The van der Waals surface area contributed by atoms with Crippen molar-refractivity contribution in [3.8, 4) is 5.75 Å². The quantitative estimate of drug-likeness (QED) is 0.518. The topological polar surface area (TPSA) is 72.8 Å². The Bertz CT molecular complexity index is 1030. The zero-order valence-corrected chi connectivity index (χ0v) is 15.1. The van der Waals surface area contributed by atoms with Crippen LogP contribution in [0.5, 0.6) is 5.75 Å². The molecular weight excluding hydrogens is 332 g/mol. The van der Waals surface area contributed by atoms with Gasteiger partial charge in [-0.3, -0.25) is 0 Å². The van der Waals surface area contributed by atoms with Gasteiger partial charge in [-0.25, -0.2) is 4.79 Å². The molecule has 0 fully saturated rings. The third-order valence-electron chi connectivity index (χ3n) is 4.03. The lowest BCUT2D eigenvalue weighted by Crippen LogP contribution is -2.04. The van der Waals surface area contributed by atoms with E-state index in [1.165, 1.54) is 6.07 Å². The van der Waals surface area contributed by atoms with Gasteiger partial charge in [0, 0.05) is 12.1 Å². The fourth-order valence-corrected chi connectivity index (χ4v) is 2.89. The fraction of sp³-hybridized carbons (Fsp3) is 0.286. The number of hydrogen-bond acceptors (Lipinski definition) is 5. The second-order valence-electron chi connectivity index (χ2n) is 6.58. The van der Waals surface area contributed by atoms with Gasteiger partial charge >= 0.3 is 5.63 Å². The first kappa shape index (κ1) is 18.0. The average molecular weight is 354 g/mol. The Labute approximate surface area is 151 Å². The van der Waals surface area contributed by atoms with E-state index in [4.69, 9.17) is 13.6 Å². The van der Waals surface area contributed by atoms with Crippen LogP contribution in [0.4, 0.5) is 0 Å². The highest BCUT2D eigenvalue weighted by Gasteiger charge is 2.13. The molecule has 0 aliphatic carbocycles. The van der Waals surface area contributed by atoms with Gasteiger partial charge in [-0.15, -0.1) is 0 Å². The van der Waals surface area contributed by atoms with Crippen LogP contribution < -0.4 is 10.4 Å². The summed E-state index contributed by atoms with van der Waals surface area (Å²) < 4.78 is 16.6. The Morgan fingerprint density at radius 1 is 1.19 bits per heavy atom. The zero-order chi connectivity index (χ0) is 18.7. The van der Waals surface area contributed by atoms with E-state index >= 15 is 0 Å². The Hall–Kier alpha value is -2.79. The van der Waals surface area contributed by atoms with Gasteiger partial charge in [0.05, 0.1) is 23.1 Å². The van der Waals surface area contributed by atoms with Crippen LogP contribution in [0.3, 0.4) is 0 Å². The monoisotopic (exact) mass is 354 g/mol. The summed E-state index contributed by atoms with van der Waals surface area (Å²) >= 11 is 0. The SMILES string of the molecule is CC(C)=C[C@H](O)C/C(C)=C\COc1c2ccoc2cc2oc(=O)ccc12. The molecule has 0 saturated carbocycles. The summed E-state index contributed by atoms with van der Waals surface area (Å²) in [5.74, 6) is 0.615. The third kappa shape index (κ3) is 4.06. The molecule has 0 radical (unpaired) electrons. The molecule has 136 valence electrons. The van der Waals surface area contributed by atoms with E-state index < -0.39 is 11.7 Å². The van der Waals surface area contributed by atoms with E-state index in [1.807, 2.05) is 39.0 Å². The lowest BCUT2D eigenvalue weighted by atomic mass is 10.1. The van der Waals surface area contributed by atoms with Crippen LogP contribution >= 0.6 is 0 Å². The van der Waals surface area contributed by atoms with Crippen molar-refractivity contribution >= 4 is 21.9 Å². The molecule has 0 spiro atoms. The molecule has 1 N–H and O–H groups in total. The van der Waals surface area contributed by atoms with Gasteiger partial charge in [-0.1, -0.05) is 17.2 Å². The number of rotatable bonds is 6. The van der Waals surface area contributed by atoms with Gasteiger partial charge in [-0.05, 0) is 45.4 Å². The number of benzene rings is 1. The Kier molecular flexibility index (Phi) is 5.28. The summed E-state index contributed by atoms with van der Waals surface area (Å²) in [4.78, 5) is 11.5. The molecule has 3 aromatic rings. The van der Waals surface area contributed by atoms with E-state index in [0.717, 1.165) is 16.5 Å². The summed E-state index contributed by atoms with van der Waals surface area (Å²) in [5.41, 5.74) is 2.72. The molecule has 26 heavy (non-hydrogen) atoms. The maximum atomic E-state index is 11.5. The predicted octanol–water partition coefficient (Wildman–Crippen LogP) is 4.58. The number of allylic oxidation sites excluding steroid dienone is 1. The largest absolute Gasteiger partial charge is 0.488 e. The lowest BCUT2D eigenvalue weighted by Gasteiger charge is -2.10. The summed E-state index contributed by atoms with van der Waals surface area (Å²) in [6.07, 6.45) is 5.40. The number of aliphatic hydroxyl groups excluding tert-OH is 1. The Morgan fingerprint density at radius 2 is 1.96 bits per heavy atom. The molecule has 3 rings (SSSR count). The minimum absolute atomic E-state index is 0.339. The molecule has 5 heteroatoms. The fourth-order valence-electron chi connectivity index (χ4n) is 2.89. The van der Waals surface area contributed by atoms with E-state index in [1.54, 1.807) is 18.4 Å². The van der Waals surface area contributed by atoms with E-state index in [9.17, 15) is 9.90 Å². The molecule has 2 heterocycles. The first-order chi connectivity index (χ1) is 12.4. The first-order valence-electron chi connectivity index (χ1n) is 8.49. The molecular formula is C21H22O5.